The molecule has 39 heavy (non-hydrogen) atoms. The molecule has 0 saturated heterocycles. The lowest BCUT2D eigenvalue weighted by Gasteiger charge is -2.35. The molecule has 1 rings (SSSR count). The summed E-state index contributed by atoms with van der Waals surface area (Å²) in [5, 5.41) is 15.6. The van der Waals surface area contributed by atoms with Crippen LogP contribution in [0, 0.1) is 6.92 Å². The van der Waals surface area contributed by atoms with E-state index in [1.54, 1.807) is 39.8 Å². The van der Waals surface area contributed by atoms with Gasteiger partial charge in [0.1, 0.15) is 23.4 Å². The number of aryl methyl sites for hydroxylation is 1. The minimum Gasteiger partial charge on any atom is -0.508 e. The quantitative estimate of drug-likeness (QED) is 0.241. The Hall–Kier alpha value is -3.30. The number of nitrogens with one attached hydrogen (secondary N) is 2. The Morgan fingerprint density at radius 3 is 2.23 bits per heavy atom. The van der Waals surface area contributed by atoms with Crippen molar-refractivity contribution < 1.29 is 29.0 Å². The summed E-state index contributed by atoms with van der Waals surface area (Å²) in [7, 11) is 0. The number of hydrogen-bond acceptors (Lipinski definition) is 6. The number of hydrogen-bond donors (Lipinski definition) is 4. The van der Waals surface area contributed by atoms with Crippen molar-refractivity contribution in [1.82, 2.24) is 15.5 Å². The van der Waals surface area contributed by atoms with Crippen molar-refractivity contribution in [3.63, 3.8) is 0 Å². The summed E-state index contributed by atoms with van der Waals surface area (Å²) in [4.78, 5) is 53.4. The van der Waals surface area contributed by atoms with Gasteiger partial charge in [0.25, 0.3) is 0 Å². The molecule has 10 heteroatoms. The van der Waals surface area contributed by atoms with E-state index in [1.807, 2.05) is 13.8 Å². The molecule has 220 valence electrons. The molecule has 0 heterocycles. The van der Waals surface area contributed by atoms with Gasteiger partial charge in [-0.2, -0.15) is 0 Å². The van der Waals surface area contributed by atoms with E-state index in [4.69, 9.17) is 10.5 Å². The van der Waals surface area contributed by atoms with Crippen LogP contribution in [0.3, 0.4) is 0 Å². The highest BCUT2D eigenvalue weighted by molar-refractivity contribution is 5.92. The third-order valence-electron chi connectivity index (χ3n) is 5.98. The Morgan fingerprint density at radius 2 is 1.69 bits per heavy atom. The van der Waals surface area contributed by atoms with Crippen LogP contribution < -0.4 is 16.4 Å². The maximum absolute atomic E-state index is 14.1. The number of benzene rings is 1. The van der Waals surface area contributed by atoms with Gasteiger partial charge in [0.05, 0.1) is 0 Å². The van der Waals surface area contributed by atoms with E-state index in [0.29, 0.717) is 17.5 Å². The zero-order valence-electron chi connectivity index (χ0n) is 24.6. The molecule has 10 nitrogen and oxygen atoms in total. The highest BCUT2D eigenvalue weighted by Gasteiger charge is 2.36. The Balaban J connectivity index is 3.52. The second kappa shape index (κ2) is 16.0. The van der Waals surface area contributed by atoms with Gasteiger partial charge >= 0.3 is 6.09 Å². The first-order valence-corrected chi connectivity index (χ1v) is 13.8. The molecule has 5 N–H and O–H groups in total. The number of amides is 4. The predicted molar refractivity (Wildman–Crippen MR) is 151 cm³/mol. The van der Waals surface area contributed by atoms with Gasteiger partial charge in [-0.1, -0.05) is 38.7 Å². The molecule has 2 unspecified atom stereocenters. The monoisotopic (exact) mass is 548 g/mol. The number of alkyl carbamates (subject to hydrolysis) is 1. The van der Waals surface area contributed by atoms with Crippen molar-refractivity contribution >= 4 is 23.8 Å². The SMILES string of the molecule is CCCCCCCN(C(=O)C(CCC(N)=O)NC(=O)OC(C)(C)C)C(C(=O)NC(C)C)c1ccc(O)c(C)c1. The summed E-state index contributed by atoms with van der Waals surface area (Å²) < 4.78 is 5.36. The fraction of sp³-hybridized carbons (Fsp3) is 0.655. The number of rotatable bonds is 15. The van der Waals surface area contributed by atoms with Crippen molar-refractivity contribution in [1.29, 1.82) is 0 Å². The molecular weight excluding hydrogens is 500 g/mol. The zero-order chi connectivity index (χ0) is 29.8. The topological polar surface area (TPSA) is 151 Å². The van der Waals surface area contributed by atoms with Crippen LogP contribution in [0.2, 0.25) is 0 Å². The standard InChI is InChI=1S/C29H48N4O6/c1-8-9-10-11-12-17-33(25(26(36)31-19(2)3)21-13-15-23(34)20(4)18-21)27(37)22(14-16-24(30)35)32-28(38)39-29(5,6)7/h13,15,18-19,22,25,34H,8-12,14,16-17H2,1-7H3,(H2,30,35)(H,31,36)(H,32,38). The molecule has 0 spiro atoms. The molecule has 0 saturated carbocycles. The van der Waals surface area contributed by atoms with E-state index >= 15 is 0 Å². The number of carbonyl (C=O) groups is 4. The predicted octanol–water partition coefficient (Wildman–Crippen LogP) is 4.22. The lowest BCUT2D eigenvalue weighted by atomic mass is 9.98. The fourth-order valence-corrected chi connectivity index (χ4v) is 4.13. The van der Waals surface area contributed by atoms with Crippen LogP contribution in [-0.2, 0) is 19.1 Å². The van der Waals surface area contributed by atoms with E-state index in [9.17, 15) is 24.3 Å². The Labute approximate surface area is 233 Å². The van der Waals surface area contributed by atoms with Gasteiger partial charge in [-0.15, -0.1) is 0 Å². The number of primary amides is 1. The first-order chi connectivity index (χ1) is 18.2. The van der Waals surface area contributed by atoms with Gasteiger partial charge in [-0.25, -0.2) is 4.79 Å². The average molecular weight is 549 g/mol. The second-order valence-corrected chi connectivity index (χ2v) is 11.3. The average Bonchev–Trinajstić information content (AvgIpc) is 2.80. The van der Waals surface area contributed by atoms with Crippen molar-refractivity contribution in [2.45, 2.75) is 117 Å². The number of unbranched alkanes of at least 4 members (excludes halogenated alkanes) is 4. The Bertz CT molecular complexity index is 973. The number of aromatic hydroxyl groups is 1. The van der Waals surface area contributed by atoms with Gasteiger partial charge < -0.3 is 31.1 Å². The smallest absolute Gasteiger partial charge is 0.408 e. The summed E-state index contributed by atoms with van der Waals surface area (Å²) in [5.41, 5.74) is 5.65. The molecule has 0 aliphatic carbocycles. The van der Waals surface area contributed by atoms with E-state index in [2.05, 4.69) is 17.6 Å². The summed E-state index contributed by atoms with van der Waals surface area (Å²) in [6.07, 6.45) is 3.61. The third kappa shape index (κ3) is 12.4. The molecule has 2 atom stereocenters. The van der Waals surface area contributed by atoms with E-state index in [0.717, 1.165) is 25.7 Å². The number of carbonyl (C=O) groups excluding carboxylic acids is 4. The van der Waals surface area contributed by atoms with Gasteiger partial charge in [0.15, 0.2) is 0 Å². The minimum absolute atomic E-state index is 0.0487. The molecule has 0 radical (unpaired) electrons. The molecule has 4 amide bonds. The number of phenolic OH excluding ortho intramolecular Hbond substituents is 1. The van der Waals surface area contributed by atoms with Gasteiger partial charge in [0.2, 0.25) is 17.7 Å². The molecule has 1 aromatic carbocycles. The van der Waals surface area contributed by atoms with Gasteiger partial charge in [0, 0.05) is 19.0 Å². The maximum atomic E-state index is 14.1. The Morgan fingerprint density at radius 1 is 1.05 bits per heavy atom. The molecule has 0 fully saturated rings. The van der Waals surface area contributed by atoms with Crippen LogP contribution in [0.5, 0.6) is 5.75 Å². The van der Waals surface area contributed by atoms with E-state index in [-0.39, 0.29) is 37.1 Å². The number of ether oxygens (including phenoxy) is 1. The zero-order valence-corrected chi connectivity index (χ0v) is 24.6. The largest absolute Gasteiger partial charge is 0.508 e. The molecule has 0 aromatic heterocycles. The maximum Gasteiger partial charge on any atom is 0.408 e. The fourth-order valence-electron chi connectivity index (χ4n) is 4.13. The molecule has 0 aliphatic heterocycles. The minimum atomic E-state index is -1.14. The normalized spacial score (nSPS) is 12.9. The van der Waals surface area contributed by atoms with Gasteiger partial charge in [-0.3, -0.25) is 14.4 Å². The second-order valence-electron chi connectivity index (χ2n) is 11.3. The molecule has 1 aromatic rings. The van der Waals surface area contributed by atoms with Crippen molar-refractivity contribution in [2.75, 3.05) is 6.54 Å². The van der Waals surface area contributed by atoms with Crippen molar-refractivity contribution in [2.24, 2.45) is 5.73 Å². The first kappa shape index (κ1) is 33.7. The summed E-state index contributed by atoms with van der Waals surface area (Å²) in [6.45, 7) is 12.8. The number of nitrogens with zero attached hydrogens (tertiary/aromatic N) is 1. The number of phenols is 1. The van der Waals surface area contributed by atoms with Crippen molar-refractivity contribution in [3.8, 4) is 5.75 Å². The van der Waals surface area contributed by atoms with Crippen LogP contribution in [0.1, 0.15) is 104 Å². The Kier molecular flexibility index (Phi) is 13.8. The molecule has 0 aliphatic rings. The van der Waals surface area contributed by atoms with E-state index in [1.165, 1.54) is 11.0 Å². The number of nitrogens with two attached hydrogens (primary N) is 1. The molecule has 0 bridgehead atoms. The van der Waals surface area contributed by atoms with E-state index < -0.39 is 35.6 Å². The summed E-state index contributed by atoms with van der Waals surface area (Å²) in [6, 6.07) is 2.43. The first-order valence-electron chi connectivity index (χ1n) is 13.8. The van der Waals surface area contributed by atoms with Crippen molar-refractivity contribution in [3.05, 3.63) is 29.3 Å². The summed E-state index contributed by atoms with van der Waals surface area (Å²) in [5.74, 6) is -1.45. The highest BCUT2D eigenvalue weighted by atomic mass is 16.6. The highest BCUT2D eigenvalue weighted by Crippen LogP contribution is 2.28. The lowest BCUT2D eigenvalue weighted by molar-refractivity contribution is -0.143. The van der Waals surface area contributed by atoms with Crippen LogP contribution in [0.15, 0.2) is 18.2 Å². The van der Waals surface area contributed by atoms with Gasteiger partial charge in [-0.05, 0) is 77.6 Å². The molecular formula is C29H48N4O6. The lowest BCUT2D eigenvalue weighted by Crippen LogP contribution is -2.54. The van der Waals surface area contributed by atoms with Crippen LogP contribution in [-0.4, -0.2) is 58.1 Å². The van der Waals surface area contributed by atoms with Crippen LogP contribution >= 0.6 is 0 Å². The van der Waals surface area contributed by atoms with Crippen LogP contribution in [0.4, 0.5) is 4.79 Å². The third-order valence-corrected chi connectivity index (χ3v) is 5.98. The summed E-state index contributed by atoms with van der Waals surface area (Å²) >= 11 is 0. The van der Waals surface area contributed by atoms with Crippen LogP contribution in [0.25, 0.3) is 0 Å².